The lowest BCUT2D eigenvalue weighted by molar-refractivity contribution is -0.386. The fourth-order valence-corrected chi connectivity index (χ4v) is 7.47. The third-order valence-corrected chi connectivity index (χ3v) is 10.1. The minimum absolute atomic E-state index is 0.107. The predicted octanol–water partition coefficient (Wildman–Crippen LogP) is 4.28. The highest BCUT2D eigenvalue weighted by Gasteiger charge is 2.58. The number of esters is 5. The first kappa shape index (κ1) is 47.0. The summed E-state index contributed by atoms with van der Waals surface area (Å²) in [7, 11) is 0. The Kier molecular flexibility index (Phi) is 16.2. The van der Waals surface area contributed by atoms with E-state index in [4.69, 9.17) is 63.7 Å². The van der Waals surface area contributed by atoms with Gasteiger partial charge in [-0.25, -0.2) is 0 Å². The Morgan fingerprint density at radius 3 is 1.90 bits per heavy atom. The third-order valence-electron chi connectivity index (χ3n) is 9.80. The van der Waals surface area contributed by atoms with E-state index in [9.17, 15) is 28.8 Å². The summed E-state index contributed by atoms with van der Waals surface area (Å²) in [6.45, 7) is 4.98. The molecule has 3 aromatic carbocycles. The van der Waals surface area contributed by atoms with Gasteiger partial charge in [0, 0.05) is 40.2 Å². The SMILES string of the molecule is CC(=O)Nc1cc(CO[C@@H]2O[C@H](COC(=O)Cc3ccccc3)[C@@H](O[C@H]3O[C@@H]4COC(c5ccccc5)O[C@H]4[C@H](OC(C)=O)[C@H]3OC(C)=O)[C@H](OC(C)=O)[C@H]2OC(C)=O)ccc1Cl. The van der Waals surface area contributed by atoms with Crippen LogP contribution in [0.1, 0.15) is 57.6 Å². The number of carbonyl (C=O) groups is 6. The Bertz CT molecular complexity index is 2090. The molecular weight excluding hydrogens is 850 g/mol. The molecule has 0 aliphatic carbocycles. The summed E-state index contributed by atoms with van der Waals surface area (Å²) in [5.74, 6) is -4.25. The number of carbonyl (C=O) groups excluding carboxylic acids is 6. The number of nitrogens with one attached hydrogen (secondary N) is 1. The van der Waals surface area contributed by atoms with Gasteiger partial charge in [-0.15, -0.1) is 0 Å². The van der Waals surface area contributed by atoms with Crippen molar-refractivity contribution in [2.75, 3.05) is 18.5 Å². The lowest BCUT2D eigenvalue weighted by Crippen LogP contribution is -2.67. The van der Waals surface area contributed by atoms with Gasteiger partial charge in [-0.3, -0.25) is 28.8 Å². The standard InChI is InChI=1S/C44H48ClNO17/c1-23(47)46-32-18-29(16-17-31(32)45)20-54-43-40(58-26(4)50)38(56-24(2)48)37(33(60-43)21-53-35(52)19-28-12-8-6-9-13-28)63-44-41(59-27(5)51)39(57-25(3)49)36-34(61-44)22-55-42(62-36)30-14-10-7-11-15-30/h6-18,33-34,36-44H,19-22H2,1-5H3,(H,46,47)/t33-,34-,36-,37-,38+,39+,40-,41-,42?,43-,44-/m1/s1. The molecule has 1 N–H and O–H groups in total. The molecule has 19 heteroatoms. The summed E-state index contributed by atoms with van der Waals surface area (Å²) in [4.78, 5) is 76.1. The lowest BCUT2D eigenvalue weighted by Gasteiger charge is -2.50. The summed E-state index contributed by atoms with van der Waals surface area (Å²) < 4.78 is 66.6. The smallest absolute Gasteiger partial charge is 0.310 e. The monoisotopic (exact) mass is 897 g/mol. The topological polar surface area (TPSA) is 216 Å². The van der Waals surface area contributed by atoms with E-state index in [2.05, 4.69) is 5.32 Å². The molecule has 3 fully saturated rings. The number of halogens is 1. The van der Waals surface area contributed by atoms with Gasteiger partial charge in [-0.2, -0.15) is 0 Å². The third kappa shape index (κ3) is 12.8. The summed E-state index contributed by atoms with van der Waals surface area (Å²) in [5, 5.41) is 2.89. The maximum absolute atomic E-state index is 13.3. The molecule has 0 aromatic heterocycles. The molecule has 3 heterocycles. The van der Waals surface area contributed by atoms with Crippen LogP contribution in [0.3, 0.4) is 0 Å². The van der Waals surface area contributed by atoms with Crippen LogP contribution in [0.15, 0.2) is 78.9 Å². The largest absolute Gasteiger partial charge is 0.463 e. The molecule has 0 radical (unpaired) electrons. The first-order valence-corrected chi connectivity index (χ1v) is 20.4. The van der Waals surface area contributed by atoms with Crippen molar-refractivity contribution in [3.05, 3.63) is 101 Å². The Balaban J connectivity index is 1.35. The zero-order chi connectivity index (χ0) is 45.2. The van der Waals surface area contributed by atoms with Crippen LogP contribution in [0.25, 0.3) is 0 Å². The van der Waals surface area contributed by atoms with E-state index < -0.39 is 104 Å². The van der Waals surface area contributed by atoms with Crippen LogP contribution in [-0.2, 0) is 93.9 Å². The molecule has 1 amide bonds. The second kappa shape index (κ2) is 21.7. The Hall–Kier alpha value is -5.47. The molecule has 0 spiro atoms. The van der Waals surface area contributed by atoms with Crippen molar-refractivity contribution in [3.63, 3.8) is 0 Å². The van der Waals surface area contributed by atoms with Crippen molar-refractivity contribution in [1.82, 2.24) is 0 Å². The molecule has 11 atom stereocenters. The van der Waals surface area contributed by atoms with Crippen LogP contribution in [0.2, 0.25) is 5.02 Å². The molecule has 6 rings (SSSR count). The summed E-state index contributed by atoms with van der Waals surface area (Å²) in [5.41, 5.74) is 2.12. The van der Waals surface area contributed by atoms with Crippen LogP contribution in [0.4, 0.5) is 5.69 Å². The normalized spacial score (nSPS) is 27.7. The van der Waals surface area contributed by atoms with E-state index in [0.717, 1.165) is 20.8 Å². The van der Waals surface area contributed by atoms with Crippen LogP contribution in [0, 0.1) is 0 Å². The molecule has 63 heavy (non-hydrogen) atoms. The van der Waals surface area contributed by atoms with Crippen molar-refractivity contribution in [2.45, 2.75) is 115 Å². The highest BCUT2D eigenvalue weighted by Crippen LogP contribution is 2.39. The lowest BCUT2D eigenvalue weighted by atomic mass is 9.95. The number of amides is 1. The Morgan fingerprint density at radius 1 is 0.667 bits per heavy atom. The molecule has 338 valence electrons. The summed E-state index contributed by atoms with van der Waals surface area (Å²) in [6, 6.07) is 22.5. The van der Waals surface area contributed by atoms with Crippen molar-refractivity contribution in [3.8, 4) is 0 Å². The summed E-state index contributed by atoms with van der Waals surface area (Å²) in [6.07, 6.45) is -15.1. The van der Waals surface area contributed by atoms with Gasteiger partial charge in [0.15, 0.2) is 43.3 Å². The zero-order valence-electron chi connectivity index (χ0n) is 35.0. The molecule has 1 unspecified atom stereocenters. The van der Waals surface area contributed by atoms with Gasteiger partial charge in [0.25, 0.3) is 0 Å². The fraction of sp³-hybridized carbons (Fsp3) is 0.455. The van der Waals surface area contributed by atoms with Crippen LogP contribution >= 0.6 is 11.6 Å². The highest BCUT2D eigenvalue weighted by atomic mass is 35.5. The van der Waals surface area contributed by atoms with Gasteiger partial charge in [-0.05, 0) is 23.3 Å². The van der Waals surface area contributed by atoms with Crippen molar-refractivity contribution in [2.24, 2.45) is 0 Å². The molecular formula is C44H48ClNO17. The van der Waals surface area contributed by atoms with Crippen LogP contribution in [-0.4, -0.2) is 110 Å². The molecule has 3 aliphatic rings. The molecule has 0 bridgehead atoms. The minimum Gasteiger partial charge on any atom is -0.463 e. The van der Waals surface area contributed by atoms with Crippen molar-refractivity contribution in [1.29, 1.82) is 0 Å². The van der Waals surface area contributed by atoms with Gasteiger partial charge in [0.05, 0.1) is 30.3 Å². The molecule has 3 aromatic rings. The van der Waals surface area contributed by atoms with E-state index in [0.29, 0.717) is 22.4 Å². The molecule has 18 nitrogen and oxygen atoms in total. The highest BCUT2D eigenvalue weighted by molar-refractivity contribution is 6.33. The second-order valence-corrected chi connectivity index (χ2v) is 15.2. The van der Waals surface area contributed by atoms with Crippen LogP contribution < -0.4 is 5.32 Å². The van der Waals surface area contributed by atoms with E-state index >= 15 is 0 Å². The fourth-order valence-electron chi connectivity index (χ4n) is 7.30. The van der Waals surface area contributed by atoms with Gasteiger partial charge >= 0.3 is 29.8 Å². The van der Waals surface area contributed by atoms with Crippen molar-refractivity contribution >= 4 is 53.0 Å². The average Bonchev–Trinajstić information content (AvgIpc) is 3.23. The Labute approximate surface area is 367 Å². The first-order valence-electron chi connectivity index (χ1n) is 20.0. The average molecular weight is 898 g/mol. The number of rotatable bonds is 15. The number of hydrogen-bond acceptors (Lipinski definition) is 17. The Morgan fingerprint density at radius 2 is 1.27 bits per heavy atom. The maximum atomic E-state index is 13.3. The van der Waals surface area contributed by atoms with Gasteiger partial charge in [-0.1, -0.05) is 78.3 Å². The predicted molar refractivity (Wildman–Crippen MR) is 216 cm³/mol. The van der Waals surface area contributed by atoms with E-state index in [-0.39, 0.29) is 30.6 Å². The number of hydrogen-bond donors (Lipinski definition) is 1. The van der Waals surface area contributed by atoms with Crippen molar-refractivity contribution < 1.29 is 80.9 Å². The molecule has 3 aliphatic heterocycles. The number of benzene rings is 3. The van der Waals surface area contributed by atoms with Gasteiger partial charge < -0.3 is 57.4 Å². The molecule has 0 saturated carbocycles. The molecule has 3 saturated heterocycles. The minimum atomic E-state index is -1.63. The van der Waals surface area contributed by atoms with E-state index in [1.54, 1.807) is 72.8 Å². The zero-order valence-corrected chi connectivity index (χ0v) is 35.8. The number of ether oxygens (including phenoxy) is 11. The number of anilines is 1. The van der Waals surface area contributed by atoms with Crippen LogP contribution in [0.5, 0.6) is 0 Å². The van der Waals surface area contributed by atoms with E-state index in [1.807, 2.05) is 6.07 Å². The quantitative estimate of drug-likeness (QED) is 0.166. The first-order chi connectivity index (χ1) is 30.1. The van der Waals surface area contributed by atoms with E-state index in [1.165, 1.54) is 13.8 Å². The summed E-state index contributed by atoms with van der Waals surface area (Å²) >= 11 is 6.29. The number of fused-ring (bicyclic) bond motifs is 1. The second-order valence-electron chi connectivity index (χ2n) is 14.8. The maximum Gasteiger partial charge on any atom is 0.310 e. The van der Waals surface area contributed by atoms with Gasteiger partial charge in [0.2, 0.25) is 5.91 Å². The van der Waals surface area contributed by atoms with Gasteiger partial charge in [0.1, 0.15) is 31.0 Å².